The van der Waals surface area contributed by atoms with E-state index in [9.17, 15) is 4.79 Å². The molecule has 0 unspecified atom stereocenters. The first-order valence-electron chi connectivity index (χ1n) is 9.74. The normalized spacial score (nSPS) is 15.4. The molecule has 2 aromatic heterocycles. The highest BCUT2D eigenvalue weighted by atomic mass is 16.2. The average Bonchev–Trinajstić information content (AvgIpc) is 3.38. The van der Waals surface area contributed by atoms with Crippen LogP contribution in [0.3, 0.4) is 0 Å². The third kappa shape index (κ3) is 4.31. The van der Waals surface area contributed by atoms with Crippen molar-refractivity contribution in [2.24, 2.45) is 10.7 Å². The molecule has 3 N–H and O–H groups in total. The molecule has 2 aliphatic heterocycles. The summed E-state index contributed by atoms with van der Waals surface area (Å²) in [6.07, 6.45) is 8.52. The van der Waals surface area contributed by atoms with Crippen LogP contribution in [0.25, 0.3) is 11.5 Å². The monoisotopic (exact) mass is 404 g/mol. The SMILES string of the molecule is Cc1ccc(-n2nc(C3CNC3)cc2-n2cccn2)cc1.NC(=O)N1C=NC=CC1. The summed E-state index contributed by atoms with van der Waals surface area (Å²) in [5.41, 5.74) is 8.36. The van der Waals surface area contributed by atoms with Gasteiger partial charge < -0.3 is 11.1 Å². The summed E-state index contributed by atoms with van der Waals surface area (Å²) in [5, 5.41) is 12.4. The Kier molecular flexibility index (Phi) is 5.71. The van der Waals surface area contributed by atoms with Crippen molar-refractivity contribution in [3.63, 3.8) is 0 Å². The predicted molar refractivity (Wildman–Crippen MR) is 115 cm³/mol. The Hall–Kier alpha value is -3.72. The second-order valence-corrected chi connectivity index (χ2v) is 7.12. The first-order valence-corrected chi connectivity index (χ1v) is 9.74. The van der Waals surface area contributed by atoms with E-state index in [4.69, 9.17) is 10.8 Å². The lowest BCUT2D eigenvalue weighted by Gasteiger charge is -2.24. The number of hydrogen-bond acceptors (Lipinski definition) is 5. The topological polar surface area (TPSA) is 106 Å². The van der Waals surface area contributed by atoms with Gasteiger partial charge in [-0.3, -0.25) is 4.90 Å². The first-order chi connectivity index (χ1) is 14.6. The van der Waals surface area contributed by atoms with Gasteiger partial charge in [-0.2, -0.15) is 10.2 Å². The number of aromatic nitrogens is 4. The average molecular weight is 404 g/mol. The van der Waals surface area contributed by atoms with Gasteiger partial charge in [-0.1, -0.05) is 17.7 Å². The van der Waals surface area contributed by atoms with E-state index in [1.54, 1.807) is 18.5 Å². The molecule has 2 amide bonds. The molecule has 1 aromatic carbocycles. The van der Waals surface area contributed by atoms with E-state index in [0.29, 0.717) is 12.5 Å². The summed E-state index contributed by atoms with van der Waals surface area (Å²) in [6.45, 7) is 4.62. The zero-order valence-electron chi connectivity index (χ0n) is 16.7. The minimum atomic E-state index is -0.469. The number of aliphatic imine (C=N–C) groups is 1. The van der Waals surface area contributed by atoms with Crippen LogP contribution in [0.1, 0.15) is 17.2 Å². The van der Waals surface area contributed by atoms with Crippen molar-refractivity contribution in [1.82, 2.24) is 29.8 Å². The number of nitrogens with zero attached hydrogens (tertiary/aromatic N) is 6. The lowest BCUT2D eigenvalue weighted by molar-refractivity contribution is 0.233. The highest BCUT2D eigenvalue weighted by Crippen LogP contribution is 2.23. The summed E-state index contributed by atoms with van der Waals surface area (Å²) >= 11 is 0. The van der Waals surface area contributed by atoms with Gasteiger partial charge in [0.25, 0.3) is 0 Å². The minimum absolute atomic E-state index is 0.469. The van der Waals surface area contributed by atoms with Crippen LogP contribution in [-0.2, 0) is 0 Å². The molecular formula is C21H24N8O. The molecule has 0 radical (unpaired) electrons. The fourth-order valence-electron chi connectivity index (χ4n) is 3.06. The number of amides is 2. The fraction of sp³-hybridized carbons (Fsp3) is 0.238. The first kappa shape index (κ1) is 19.6. The van der Waals surface area contributed by atoms with Crippen LogP contribution in [-0.4, -0.2) is 56.5 Å². The third-order valence-corrected chi connectivity index (χ3v) is 4.91. The third-order valence-electron chi connectivity index (χ3n) is 4.91. The summed E-state index contributed by atoms with van der Waals surface area (Å²) in [5.74, 6) is 1.48. The van der Waals surface area contributed by atoms with Crippen LogP contribution in [0.5, 0.6) is 0 Å². The summed E-state index contributed by atoms with van der Waals surface area (Å²) < 4.78 is 3.84. The minimum Gasteiger partial charge on any atom is -0.351 e. The molecule has 2 aliphatic rings. The Morgan fingerprint density at radius 2 is 2.03 bits per heavy atom. The molecular weight excluding hydrogens is 380 g/mol. The molecule has 9 heteroatoms. The lowest BCUT2D eigenvalue weighted by atomic mass is 10.00. The van der Waals surface area contributed by atoms with Crippen LogP contribution in [0.15, 0.2) is 66.1 Å². The van der Waals surface area contributed by atoms with Crippen LogP contribution in [0.4, 0.5) is 4.79 Å². The number of carbonyl (C=O) groups excluding carboxylic acids is 1. The van der Waals surface area contributed by atoms with Crippen LogP contribution < -0.4 is 11.1 Å². The maximum Gasteiger partial charge on any atom is 0.320 e. The number of benzene rings is 1. The van der Waals surface area contributed by atoms with Gasteiger partial charge in [0.1, 0.15) is 0 Å². The van der Waals surface area contributed by atoms with Crippen LogP contribution >= 0.6 is 0 Å². The van der Waals surface area contributed by atoms with Gasteiger partial charge >= 0.3 is 6.03 Å². The molecule has 0 aliphatic carbocycles. The molecule has 4 heterocycles. The number of nitrogens with two attached hydrogens (primary N) is 1. The number of rotatable bonds is 3. The standard InChI is InChI=1S/C16H17N5.C5H7N3O/c1-12-3-5-14(6-4-12)21-16(20-8-2-7-18-20)9-15(19-21)13-10-17-11-13;6-5(9)8-3-1-2-7-4-8/h2-9,13,17H,10-11H2,1H3;1-2,4H,3H2,(H2,6,9). The second kappa shape index (κ2) is 8.75. The Balaban J connectivity index is 0.000000204. The summed E-state index contributed by atoms with van der Waals surface area (Å²) in [4.78, 5) is 15.4. The zero-order valence-corrected chi connectivity index (χ0v) is 16.7. The quantitative estimate of drug-likeness (QED) is 0.696. The van der Waals surface area contributed by atoms with Gasteiger partial charge in [-0.15, -0.1) is 0 Å². The smallest absolute Gasteiger partial charge is 0.320 e. The van der Waals surface area contributed by atoms with Crippen LogP contribution in [0, 0.1) is 6.92 Å². The number of aryl methyl sites for hydroxylation is 1. The van der Waals surface area contributed by atoms with E-state index in [0.717, 1.165) is 30.3 Å². The Morgan fingerprint density at radius 3 is 2.57 bits per heavy atom. The van der Waals surface area contributed by atoms with Crippen molar-refractivity contribution in [2.45, 2.75) is 12.8 Å². The molecule has 0 bridgehead atoms. The molecule has 0 spiro atoms. The number of hydrogen-bond donors (Lipinski definition) is 2. The molecule has 30 heavy (non-hydrogen) atoms. The summed E-state index contributed by atoms with van der Waals surface area (Å²) in [6, 6.07) is 12.0. The van der Waals surface area contributed by atoms with E-state index in [-0.39, 0.29) is 0 Å². The van der Waals surface area contributed by atoms with E-state index in [2.05, 4.69) is 52.7 Å². The Labute approximate surface area is 174 Å². The maximum absolute atomic E-state index is 10.4. The van der Waals surface area contributed by atoms with Gasteiger partial charge in [0.15, 0.2) is 5.82 Å². The van der Waals surface area contributed by atoms with Crippen LogP contribution in [0.2, 0.25) is 0 Å². The van der Waals surface area contributed by atoms with Gasteiger partial charge in [-0.05, 0) is 31.2 Å². The van der Waals surface area contributed by atoms with Gasteiger partial charge in [-0.25, -0.2) is 19.2 Å². The van der Waals surface area contributed by atoms with Gasteiger partial charge in [0, 0.05) is 50.2 Å². The van der Waals surface area contributed by atoms with Gasteiger partial charge in [0.2, 0.25) is 0 Å². The van der Waals surface area contributed by atoms with E-state index in [1.807, 2.05) is 21.6 Å². The molecule has 0 atom stereocenters. The van der Waals surface area contributed by atoms with Crippen molar-refractivity contribution >= 4 is 12.4 Å². The number of urea groups is 1. The van der Waals surface area contributed by atoms with Crippen molar-refractivity contribution < 1.29 is 4.79 Å². The molecule has 154 valence electrons. The predicted octanol–water partition coefficient (Wildman–Crippen LogP) is 1.98. The molecule has 0 saturated carbocycles. The lowest BCUT2D eigenvalue weighted by Crippen LogP contribution is -2.40. The highest BCUT2D eigenvalue weighted by molar-refractivity contribution is 5.85. The fourth-order valence-corrected chi connectivity index (χ4v) is 3.06. The van der Waals surface area contributed by atoms with E-state index in [1.165, 1.54) is 16.8 Å². The second-order valence-electron chi connectivity index (χ2n) is 7.12. The molecule has 1 saturated heterocycles. The van der Waals surface area contributed by atoms with Crippen molar-refractivity contribution in [3.8, 4) is 11.5 Å². The Morgan fingerprint density at radius 1 is 1.23 bits per heavy atom. The summed E-state index contributed by atoms with van der Waals surface area (Å²) in [7, 11) is 0. The number of carbonyl (C=O) groups is 1. The zero-order chi connectivity index (χ0) is 20.9. The largest absolute Gasteiger partial charge is 0.351 e. The molecule has 3 aromatic rings. The number of primary amides is 1. The van der Waals surface area contributed by atoms with E-state index < -0.39 is 6.03 Å². The van der Waals surface area contributed by atoms with Crippen molar-refractivity contribution in [3.05, 3.63) is 72.3 Å². The number of nitrogens with one attached hydrogen (secondary N) is 1. The van der Waals surface area contributed by atoms with Crippen molar-refractivity contribution in [2.75, 3.05) is 19.6 Å². The van der Waals surface area contributed by atoms with Crippen molar-refractivity contribution in [1.29, 1.82) is 0 Å². The maximum atomic E-state index is 10.4. The molecule has 9 nitrogen and oxygen atoms in total. The highest BCUT2D eigenvalue weighted by Gasteiger charge is 2.24. The van der Waals surface area contributed by atoms with Gasteiger partial charge in [0.05, 0.1) is 17.7 Å². The van der Waals surface area contributed by atoms with E-state index >= 15 is 0 Å². The molecule has 1 fully saturated rings. The molecule has 5 rings (SSSR count). The Bertz CT molecular complexity index is 1050.